The van der Waals surface area contributed by atoms with Crippen molar-refractivity contribution in [2.24, 2.45) is 0 Å². The minimum Gasteiger partial charge on any atom is -0.377 e. The smallest absolute Gasteiger partial charge is 0.123 e. The average molecular weight is 416 g/mol. The summed E-state index contributed by atoms with van der Waals surface area (Å²) in [5.41, 5.74) is 11.2. The number of fused-ring (bicyclic) bond motifs is 2. The Morgan fingerprint density at radius 2 is 2.00 bits per heavy atom. The number of H-pyrrole nitrogens is 1. The summed E-state index contributed by atoms with van der Waals surface area (Å²) >= 11 is 6.08. The van der Waals surface area contributed by atoms with Crippen LogP contribution < -0.4 is 5.32 Å². The van der Waals surface area contributed by atoms with Crippen molar-refractivity contribution in [1.29, 1.82) is 0 Å². The standard InChI is InChI=1S/C25H19ClFN3/c1-2-22(24-13-16-3-6-18(26)14-23(16)30-24)28-10-9-20-11-17-12-21(17)25(29-20)15-4-7-19(27)8-5-15/h3-8,11,13-14,28,30H,1,9-10,12H2. The van der Waals surface area contributed by atoms with Crippen LogP contribution in [0.25, 0.3) is 27.9 Å². The van der Waals surface area contributed by atoms with Crippen molar-refractivity contribution in [3.63, 3.8) is 0 Å². The van der Waals surface area contributed by atoms with Crippen LogP contribution in [0.1, 0.15) is 22.5 Å². The highest BCUT2D eigenvalue weighted by Gasteiger charge is 2.24. The second-order valence-electron chi connectivity index (χ2n) is 7.43. The van der Waals surface area contributed by atoms with Crippen LogP contribution in [0.5, 0.6) is 0 Å². The molecule has 4 aromatic rings. The first kappa shape index (κ1) is 18.7. The van der Waals surface area contributed by atoms with Gasteiger partial charge in [-0.25, -0.2) is 4.39 Å². The second kappa shape index (κ2) is 7.49. The van der Waals surface area contributed by atoms with E-state index in [4.69, 9.17) is 16.6 Å². The maximum atomic E-state index is 13.2. The Balaban J connectivity index is 1.30. The van der Waals surface area contributed by atoms with Gasteiger partial charge in [0.05, 0.1) is 11.4 Å². The highest BCUT2D eigenvalue weighted by molar-refractivity contribution is 6.31. The summed E-state index contributed by atoms with van der Waals surface area (Å²) in [6.45, 7) is 4.51. The van der Waals surface area contributed by atoms with Gasteiger partial charge < -0.3 is 10.3 Å². The molecule has 0 bridgehead atoms. The van der Waals surface area contributed by atoms with Gasteiger partial charge in [0.1, 0.15) is 11.5 Å². The molecule has 3 nitrogen and oxygen atoms in total. The predicted molar refractivity (Wildman–Crippen MR) is 120 cm³/mol. The number of aromatic nitrogens is 2. The molecule has 0 atom stereocenters. The predicted octanol–water partition coefficient (Wildman–Crippen LogP) is 5.88. The Bertz CT molecular complexity index is 1310. The minimum atomic E-state index is -0.233. The molecule has 30 heavy (non-hydrogen) atoms. The van der Waals surface area contributed by atoms with Crippen molar-refractivity contribution in [3.8, 4) is 11.3 Å². The molecule has 1 aliphatic rings. The maximum Gasteiger partial charge on any atom is 0.123 e. The molecule has 1 aliphatic carbocycles. The lowest BCUT2D eigenvalue weighted by Gasteiger charge is -2.08. The van der Waals surface area contributed by atoms with Crippen molar-refractivity contribution in [2.75, 3.05) is 6.54 Å². The largest absolute Gasteiger partial charge is 0.377 e. The SMILES string of the molecule is C=C=C(NCCc1cc2c(c(-c3ccc(F)cc3)n1)C2)c1cc2ccc(Cl)cc2[nH]1. The van der Waals surface area contributed by atoms with Gasteiger partial charge in [0.25, 0.3) is 0 Å². The number of hydrogen-bond acceptors (Lipinski definition) is 2. The molecule has 0 saturated carbocycles. The van der Waals surface area contributed by atoms with Crippen molar-refractivity contribution in [3.05, 3.63) is 100 Å². The topological polar surface area (TPSA) is 40.7 Å². The number of benzene rings is 2. The first-order valence-electron chi connectivity index (χ1n) is 9.81. The molecule has 2 N–H and O–H groups in total. The highest BCUT2D eigenvalue weighted by atomic mass is 35.5. The monoisotopic (exact) mass is 415 g/mol. The summed E-state index contributed by atoms with van der Waals surface area (Å²) in [6.07, 6.45) is 1.72. The van der Waals surface area contributed by atoms with Crippen molar-refractivity contribution < 1.29 is 4.39 Å². The van der Waals surface area contributed by atoms with E-state index in [0.29, 0.717) is 11.6 Å². The lowest BCUT2D eigenvalue weighted by atomic mass is 10.1. The zero-order valence-electron chi connectivity index (χ0n) is 16.2. The number of hydrogen-bond donors (Lipinski definition) is 2. The van der Waals surface area contributed by atoms with Crippen LogP contribution in [-0.2, 0) is 12.8 Å². The lowest BCUT2D eigenvalue weighted by Crippen LogP contribution is -2.16. The van der Waals surface area contributed by atoms with E-state index < -0.39 is 0 Å². The van der Waals surface area contributed by atoms with Crippen LogP contribution in [0.2, 0.25) is 5.02 Å². The summed E-state index contributed by atoms with van der Waals surface area (Å²) in [6, 6.07) is 16.5. The van der Waals surface area contributed by atoms with Gasteiger partial charge in [-0.05, 0) is 59.7 Å². The average Bonchev–Trinajstić information content (AvgIpc) is 3.41. The summed E-state index contributed by atoms with van der Waals surface area (Å²) in [5.74, 6) is -0.233. The summed E-state index contributed by atoms with van der Waals surface area (Å²) in [4.78, 5) is 8.19. The third-order valence-corrected chi connectivity index (χ3v) is 5.58. The van der Waals surface area contributed by atoms with Crippen LogP contribution in [0.4, 0.5) is 4.39 Å². The number of rotatable bonds is 6. The van der Waals surface area contributed by atoms with E-state index in [1.165, 1.54) is 23.3 Å². The number of pyridine rings is 1. The fraction of sp³-hybridized carbons (Fsp3) is 0.120. The van der Waals surface area contributed by atoms with Crippen molar-refractivity contribution in [2.45, 2.75) is 12.8 Å². The number of halogens is 2. The normalized spacial score (nSPS) is 11.8. The molecule has 2 aromatic heterocycles. The van der Waals surface area contributed by atoms with E-state index in [2.05, 4.69) is 34.7 Å². The Morgan fingerprint density at radius 1 is 1.17 bits per heavy atom. The molecule has 0 radical (unpaired) electrons. The minimum absolute atomic E-state index is 0.233. The van der Waals surface area contributed by atoms with Crippen molar-refractivity contribution in [1.82, 2.24) is 15.3 Å². The maximum absolute atomic E-state index is 13.2. The van der Waals surface area contributed by atoms with E-state index in [0.717, 1.165) is 52.1 Å². The highest BCUT2D eigenvalue weighted by Crippen LogP contribution is 2.37. The summed E-state index contributed by atoms with van der Waals surface area (Å²) in [5, 5.41) is 5.18. The zero-order valence-corrected chi connectivity index (χ0v) is 17.0. The number of aromatic amines is 1. The van der Waals surface area contributed by atoms with E-state index in [9.17, 15) is 4.39 Å². The molecule has 0 spiro atoms. The third kappa shape index (κ3) is 3.63. The van der Waals surface area contributed by atoms with Crippen LogP contribution >= 0.6 is 11.6 Å². The molecule has 2 aromatic carbocycles. The Labute approximate surface area is 178 Å². The van der Waals surface area contributed by atoms with Gasteiger partial charge in [0.2, 0.25) is 0 Å². The van der Waals surface area contributed by atoms with E-state index in [1.54, 1.807) is 12.1 Å². The van der Waals surface area contributed by atoms with E-state index in [-0.39, 0.29) is 5.82 Å². The summed E-state index contributed by atoms with van der Waals surface area (Å²) in [7, 11) is 0. The fourth-order valence-electron chi connectivity index (χ4n) is 3.74. The van der Waals surface area contributed by atoms with Crippen LogP contribution in [-0.4, -0.2) is 16.5 Å². The quantitative estimate of drug-likeness (QED) is 0.340. The molecule has 5 rings (SSSR count). The molecule has 5 heteroatoms. The summed E-state index contributed by atoms with van der Waals surface area (Å²) < 4.78 is 13.2. The van der Waals surface area contributed by atoms with Gasteiger partial charge >= 0.3 is 0 Å². The molecule has 148 valence electrons. The third-order valence-electron chi connectivity index (χ3n) is 5.34. The second-order valence-corrected chi connectivity index (χ2v) is 7.86. The molecule has 2 heterocycles. The van der Waals surface area contributed by atoms with E-state index in [1.807, 2.05) is 18.2 Å². The van der Waals surface area contributed by atoms with Crippen molar-refractivity contribution >= 4 is 28.2 Å². The first-order chi connectivity index (χ1) is 14.6. The molecule has 0 fully saturated rings. The van der Waals surface area contributed by atoms with Gasteiger partial charge in [-0.3, -0.25) is 4.98 Å². The van der Waals surface area contributed by atoms with Gasteiger partial charge in [-0.15, -0.1) is 5.73 Å². The Morgan fingerprint density at radius 3 is 2.80 bits per heavy atom. The number of nitrogens with one attached hydrogen (secondary N) is 2. The first-order valence-corrected chi connectivity index (χ1v) is 10.2. The molecule has 0 saturated heterocycles. The van der Waals surface area contributed by atoms with Gasteiger partial charge in [-0.1, -0.05) is 24.2 Å². The Hall–Kier alpha value is -3.33. The molecule has 0 aliphatic heterocycles. The molecular weight excluding hydrogens is 397 g/mol. The van der Waals surface area contributed by atoms with Crippen LogP contribution in [0.15, 0.2) is 66.9 Å². The van der Waals surface area contributed by atoms with Crippen LogP contribution in [0.3, 0.4) is 0 Å². The molecule has 0 unspecified atom stereocenters. The van der Waals surface area contributed by atoms with Gasteiger partial charge in [0, 0.05) is 46.6 Å². The van der Waals surface area contributed by atoms with E-state index >= 15 is 0 Å². The number of nitrogens with zero attached hydrogens (tertiary/aromatic N) is 1. The molecule has 0 amide bonds. The lowest BCUT2D eigenvalue weighted by molar-refractivity contribution is 0.628. The molecular formula is C25H19ClFN3. The Kier molecular flexibility index (Phi) is 4.66. The van der Waals surface area contributed by atoms with Crippen LogP contribution in [0, 0.1) is 5.82 Å². The van der Waals surface area contributed by atoms with Gasteiger partial charge in [0.15, 0.2) is 0 Å². The fourth-order valence-corrected chi connectivity index (χ4v) is 3.91. The van der Waals surface area contributed by atoms with Gasteiger partial charge in [-0.2, -0.15) is 0 Å². The zero-order chi connectivity index (χ0) is 20.7.